The summed E-state index contributed by atoms with van der Waals surface area (Å²) >= 11 is 0. The predicted octanol–water partition coefficient (Wildman–Crippen LogP) is 1.97. The van der Waals surface area contributed by atoms with Crippen molar-refractivity contribution in [3.8, 4) is 0 Å². The summed E-state index contributed by atoms with van der Waals surface area (Å²) in [7, 11) is 0. The normalized spacial score (nSPS) is 18.6. The van der Waals surface area contributed by atoms with Crippen molar-refractivity contribution in [1.82, 2.24) is 14.7 Å². The highest BCUT2D eigenvalue weighted by atomic mass is 16.6. The lowest BCUT2D eigenvalue weighted by Crippen LogP contribution is -2.47. The van der Waals surface area contributed by atoms with Crippen LogP contribution in [0.15, 0.2) is 30.0 Å². The number of benzene rings is 1. The first kappa shape index (κ1) is 20.0. The van der Waals surface area contributed by atoms with Gasteiger partial charge in [0.1, 0.15) is 5.70 Å². The number of piperazine rings is 1. The molecular weight excluding hydrogens is 360 g/mol. The molecule has 1 aromatic rings. The zero-order valence-corrected chi connectivity index (χ0v) is 16.6. The number of carbonyl (C=O) groups is 2. The molecule has 0 bridgehead atoms. The van der Waals surface area contributed by atoms with Crippen molar-refractivity contribution in [2.75, 3.05) is 39.3 Å². The first-order valence-corrected chi connectivity index (χ1v) is 9.66. The van der Waals surface area contributed by atoms with E-state index in [1.165, 1.54) is 17.0 Å². The van der Waals surface area contributed by atoms with Gasteiger partial charge in [-0.05, 0) is 30.2 Å². The van der Waals surface area contributed by atoms with Gasteiger partial charge in [0.05, 0.1) is 10.5 Å². The van der Waals surface area contributed by atoms with Gasteiger partial charge in [-0.2, -0.15) is 0 Å². The minimum atomic E-state index is -0.476. The third kappa shape index (κ3) is 3.77. The van der Waals surface area contributed by atoms with Crippen LogP contribution < -0.4 is 0 Å². The van der Waals surface area contributed by atoms with Gasteiger partial charge in [0.15, 0.2) is 0 Å². The number of imide groups is 1. The molecule has 8 nitrogen and oxygen atoms in total. The molecule has 28 heavy (non-hydrogen) atoms. The highest BCUT2D eigenvalue weighted by Gasteiger charge is 2.42. The maximum Gasteiger partial charge on any atom is 0.277 e. The predicted molar refractivity (Wildman–Crippen MR) is 105 cm³/mol. The van der Waals surface area contributed by atoms with Crippen LogP contribution in [0.4, 0.5) is 5.69 Å². The van der Waals surface area contributed by atoms with Crippen molar-refractivity contribution >= 4 is 23.1 Å². The van der Waals surface area contributed by atoms with Gasteiger partial charge < -0.3 is 9.80 Å². The smallest absolute Gasteiger partial charge is 0.277 e. The lowest BCUT2D eigenvalue weighted by atomic mass is 10.0. The van der Waals surface area contributed by atoms with Crippen molar-refractivity contribution in [1.29, 1.82) is 0 Å². The molecule has 2 heterocycles. The number of non-ortho nitro benzene ring substituents is 1. The maximum absolute atomic E-state index is 13.1. The Morgan fingerprint density at radius 1 is 1.04 bits per heavy atom. The van der Waals surface area contributed by atoms with Crippen LogP contribution in [0.25, 0.3) is 5.57 Å². The number of hydrogen-bond donors (Lipinski definition) is 0. The average Bonchev–Trinajstić information content (AvgIpc) is 2.92. The summed E-state index contributed by atoms with van der Waals surface area (Å²) in [5, 5.41) is 10.9. The number of nitro groups is 1. The number of carbonyl (C=O) groups excluding carboxylic acids is 2. The van der Waals surface area contributed by atoms with E-state index in [1.54, 1.807) is 12.1 Å². The SMILES string of the molecule is CCN1CCN(C2=C(c3ccc([N+](=O)[O-])cc3)C(=O)N(CC(C)C)C2=O)CC1. The van der Waals surface area contributed by atoms with Gasteiger partial charge in [0, 0.05) is 44.9 Å². The summed E-state index contributed by atoms with van der Waals surface area (Å²) in [6.45, 7) is 10.3. The fourth-order valence-corrected chi connectivity index (χ4v) is 3.69. The standard InChI is InChI=1S/C20H26N4O4/c1-4-21-9-11-22(12-10-21)18-17(15-5-7-16(8-6-15)24(27)28)19(25)23(20(18)26)13-14(2)3/h5-8,14H,4,9-13H2,1-3H3. The highest BCUT2D eigenvalue weighted by Crippen LogP contribution is 2.33. The molecule has 3 rings (SSSR count). The summed E-state index contributed by atoms with van der Waals surface area (Å²) in [4.78, 5) is 42.3. The second-order valence-electron chi connectivity index (χ2n) is 7.56. The maximum atomic E-state index is 13.1. The van der Waals surface area contributed by atoms with Crippen LogP contribution in [0.2, 0.25) is 0 Å². The second kappa shape index (κ2) is 8.10. The minimum Gasteiger partial charge on any atom is -0.364 e. The molecule has 0 aliphatic carbocycles. The summed E-state index contributed by atoms with van der Waals surface area (Å²) in [5.41, 5.74) is 1.28. The molecular formula is C20H26N4O4. The molecule has 1 aromatic carbocycles. The van der Waals surface area contributed by atoms with E-state index in [9.17, 15) is 19.7 Å². The van der Waals surface area contributed by atoms with Gasteiger partial charge in [-0.1, -0.05) is 20.8 Å². The van der Waals surface area contributed by atoms with Crippen molar-refractivity contribution in [2.45, 2.75) is 20.8 Å². The fourth-order valence-electron chi connectivity index (χ4n) is 3.69. The fraction of sp³-hybridized carbons (Fsp3) is 0.500. The molecule has 0 aromatic heterocycles. The Morgan fingerprint density at radius 3 is 2.14 bits per heavy atom. The van der Waals surface area contributed by atoms with E-state index in [-0.39, 0.29) is 23.4 Å². The minimum absolute atomic E-state index is 0.0433. The number of amides is 2. The van der Waals surface area contributed by atoms with Gasteiger partial charge in [-0.15, -0.1) is 0 Å². The zero-order chi connectivity index (χ0) is 20.4. The van der Waals surface area contributed by atoms with Crippen LogP contribution >= 0.6 is 0 Å². The summed E-state index contributed by atoms with van der Waals surface area (Å²) in [6, 6.07) is 5.86. The Hall–Kier alpha value is -2.74. The highest BCUT2D eigenvalue weighted by molar-refractivity contribution is 6.35. The van der Waals surface area contributed by atoms with Gasteiger partial charge in [0.25, 0.3) is 17.5 Å². The van der Waals surface area contributed by atoms with E-state index in [4.69, 9.17) is 0 Å². The number of rotatable bonds is 6. The van der Waals surface area contributed by atoms with Gasteiger partial charge >= 0.3 is 0 Å². The quantitative estimate of drug-likeness (QED) is 0.422. The number of nitrogens with zero attached hydrogens (tertiary/aromatic N) is 4. The Kier molecular flexibility index (Phi) is 5.79. The van der Waals surface area contributed by atoms with E-state index in [0.717, 1.165) is 19.6 Å². The molecule has 0 N–H and O–H groups in total. The Morgan fingerprint density at radius 2 is 1.64 bits per heavy atom. The third-order valence-electron chi connectivity index (χ3n) is 5.19. The molecule has 2 aliphatic heterocycles. The molecule has 0 radical (unpaired) electrons. The molecule has 0 atom stereocenters. The van der Waals surface area contributed by atoms with E-state index in [1.807, 2.05) is 18.7 Å². The molecule has 0 saturated carbocycles. The lowest BCUT2D eigenvalue weighted by Gasteiger charge is -2.36. The molecule has 8 heteroatoms. The van der Waals surface area contributed by atoms with E-state index < -0.39 is 4.92 Å². The molecule has 150 valence electrons. The lowest BCUT2D eigenvalue weighted by molar-refractivity contribution is -0.384. The van der Waals surface area contributed by atoms with Crippen LogP contribution in [0.1, 0.15) is 26.3 Å². The molecule has 1 saturated heterocycles. The largest absolute Gasteiger partial charge is 0.364 e. The van der Waals surface area contributed by atoms with Crippen LogP contribution in [0.5, 0.6) is 0 Å². The summed E-state index contributed by atoms with van der Waals surface area (Å²) in [5.74, 6) is -0.431. The van der Waals surface area contributed by atoms with E-state index in [0.29, 0.717) is 36.5 Å². The van der Waals surface area contributed by atoms with E-state index in [2.05, 4.69) is 11.8 Å². The molecule has 2 amide bonds. The van der Waals surface area contributed by atoms with Gasteiger partial charge in [-0.25, -0.2) is 0 Å². The average molecular weight is 386 g/mol. The molecule has 0 spiro atoms. The third-order valence-corrected chi connectivity index (χ3v) is 5.19. The van der Waals surface area contributed by atoms with Crippen LogP contribution in [-0.2, 0) is 9.59 Å². The van der Waals surface area contributed by atoms with Crippen molar-refractivity contribution in [2.24, 2.45) is 5.92 Å². The Labute approximate surface area is 164 Å². The van der Waals surface area contributed by atoms with Crippen LogP contribution in [-0.4, -0.2) is 70.7 Å². The number of likely N-dealkylation sites (N-methyl/N-ethyl adjacent to an activating group) is 1. The van der Waals surface area contributed by atoms with Gasteiger partial charge in [-0.3, -0.25) is 24.6 Å². The number of nitro benzene ring substituents is 1. The summed E-state index contributed by atoms with van der Waals surface area (Å²) < 4.78 is 0. The van der Waals surface area contributed by atoms with Crippen molar-refractivity contribution in [3.05, 3.63) is 45.6 Å². The van der Waals surface area contributed by atoms with Crippen molar-refractivity contribution < 1.29 is 14.5 Å². The van der Waals surface area contributed by atoms with Gasteiger partial charge in [0.2, 0.25) is 0 Å². The zero-order valence-electron chi connectivity index (χ0n) is 16.6. The second-order valence-corrected chi connectivity index (χ2v) is 7.56. The van der Waals surface area contributed by atoms with Crippen molar-refractivity contribution in [3.63, 3.8) is 0 Å². The van der Waals surface area contributed by atoms with Crippen LogP contribution in [0.3, 0.4) is 0 Å². The summed E-state index contributed by atoms with van der Waals surface area (Å²) in [6.07, 6.45) is 0. The monoisotopic (exact) mass is 386 g/mol. The van der Waals surface area contributed by atoms with Crippen LogP contribution in [0, 0.1) is 16.0 Å². The molecule has 2 aliphatic rings. The number of hydrogen-bond acceptors (Lipinski definition) is 6. The van der Waals surface area contributed by atoms with E-state index >= 15 is 0 Å². The first-order valence-electron chi connectivity index (χ1n) is 9.66. The Bertz CT molecular complexity index is 808. The molecule has 0 unspecified atom stereocenters. The Balaban J connectivity index is 2.00. The topological polar surface area (TPSA) is 87.0 Å². The molecule has 1 fully saturated rings. The first-order chi connectivity index (χ1) is 13.3.